The van der Waals surface area contributed by atoms with Gasteiger partial charge in [-0.3, -0.25) is 4.57 Å². The Morgan fingerprint density at radius 1 is 1.52 bits per heavy atom. The number of aliphatic hydroxyl groups is 1. The van der Waals surface area contributed by atoms with E-state index >= 15 is 0 Å². The second-order valence-electron chi connectivity index (χ2n) is 6.64. The highest BCUT2D eigenvalue weighted by atomic mass is 19.3. The van der Waals surface area contributed by atoms with Crippen molar-refractivity contribution in [1.29, 1.82) is 0 Å². The fraction of sp³-hybridized carbons (Fsp3) is 0.714. The minimum atomic E-state index is -3.00. The van der Waals surface area contributed by atoms with Crippen LogP contribution >= 0.6 is 0 Å². The van der Waals surface area contributed by atoms with Gasteiger partial charge >= 0.3 is 5.69 Å². The quantitative estimate of drug-likeness (QED) is 0.896. The van der Waals surface area contributed by atoms with E-state index in [0.717, 1.165) is 4.57 Å². The molecule has 1 aromatic heterocycles. The average Bonchev–Trinajstić information content (AvgIpc) is 2.63. The lowest BCUT2D eigenvalue weighted by molar-refractivity contribution is -0.0353. The molecule has 0 saturated heterocycles. The largest absolute Gasteiger partial charge is 0.396 e. The Bertz CT molecular complexity index is 566. The van der Waals surface area contributed by atoms with Gasteiger partial charge in [-0.15, -0.1) is 0 Å². The Hall–Kier alpha value is -1.50. The van der Waals surface area contributed by atoms with Crippen molar-refractivity contribution in [2.24, 2.45) is 5.92 Å². The Labute approximate surface area is 122 Å². The molecule has 5 nitrogen and oxygen atoms in total. The molecule has 7 heteroatoms. The maximum Gasteiger partial charge on any atom is 0.349 e. The molecule has 0 radical (unpaired) electrons. The number of nitrogens with zero attached hydrogens (tertiary/aromatic N) is 2. The summed E-state index contributed by atoms with van der Waals surface area (Å²) in [4.78, 5) is 15.8. The van der Waals surface area contributed by atoms with E-state index in [1.807, 2.05) is 20.8 Å². The Morgan fingerprint density at radius 3 is 2.67 bits per heavy atom. The molecule has 0 aromatic carbocycles. The monoisotopic (exact) mass is 301 g/mol. The summed E-state index contributed by atoms with van der Waals surface area (Å²) in [5.41, 5.74) is -0.974. The van der Waals surface area contributed by atoms with Crippen molar-refractivity contribution in [1.82, 2.24) is 9.55 Å². The van der Waals surface area contributed by atoms with Crippen LogP contribution in [0.5, 0.6) is 0 Å². The van der Waals surface area contributed by atoms with Crippen LogP contribution in [0.3, 0.4) is 0 Å². The fourth-order valence-corrected chi connectivity index (χ4v) is 2.65. The van der Waals surface area contributed by atoms with Crippen molar-refractivity contribution in [3.63, 3.8) is 0 Å². The van der Waals surface area contributed by atoms with Crippen molar-refractivity contribution in [3.8, 4) is 0 Å². The number of rotatable bonds is 3. The summed E-state index contributed by atoms with van der Waals surface area (Å²) >= 11 is 0. The van der Waals surface area contributed by atoms with Gasteiger partial charge in [-0.25, -0.2) is 13.6 Å². The Balaban J connectivity index is 2.28. The van der Waals surface area contributed by atoms with Gasteiger partial charge in [0, 0.05) is 24.8 Å². The number of halogens is 2. The van der Waals surface area contributed by atoms with Crippen molar-refractivity contribution in [3.05, 3.63) is 22.7 Å². The van der Waals surface area contributed by atoms with Crippen LogP contribution in [-0.2, 0) is 0 Å². The predicted molar refractivity (Wildman–Crippen MR) is 75.7 cm³/mol. The molecule has 0 aliphatic heterocycles. The van der Waals surface area contributed by atoms with E-state index < -0.39 is 30.0 Å². The normalized spacial score (nSPS) is 25.0. The molecule has 118 valence electrons. The standard InChI is InChI=1S/C14H21F2N3O2/c1-13(2,3)18-11-4-5-19(12(21)17-11)10-6-9(8-20)7-14(10,15)16/h4-5,9-10,20H,6-8H2,1-3H3,(H,17,18,21). The zero-order chi connectivity index (χ0) is 15.8. The smallest absolute Gasteiger partial charge is 0.349 e. The van der Waals surface area contributed by atoms with Gasteiger partial charge in [-0.2, -0.15) is 4.98 Å². The van der Waals surface area contributed by atoms with E-state index in [2.05, 4.69) is 10.3 Å². The maximum absolute atomic E-state index is 14.0. The molecular formula is C14H21F2N3O2. The van der Waals surface area contributed by atoms with Gasteiger partial charge in [-0.1, -0.05) is 0 Å². The Kier molecular flexibility index (Phi) is 4.06. The molecule has 2 rings (SSSR count). The van der Waals surface area contributed by atoms with E-state index in [0.29, 0.717) is 5.82 Å². The molecule has 0 spiro atoms. The lowest BCUT2D eigenvalue weighted by Gasteiger charge is -2.23. The SMILES string of the molecule is CC(C)(C)Nc1ccn(C2CC(CO)CC2(F)F)c(=O)n1. The van der Waals surface area contributed by atoms with E-state index in [1.165, 1.54) is 12.3 Å². The minimum absolute atomic E-state index is 0.0805. The summed E-state index contributed by atoms with van der Waals surface area (Å²) in [5, 5.41) is 12.1. The highest BCUT2D eigenvalue weighted by molar-refractivity contribution is 5.34. The first-order valence-electron chi connectivity index (χ1n) is 6.98. The van der Waals surface area contributed by atoms with Crippen molar-refractivity contribution >= 4 is 5.82 Å². The van der Waals surface area contributed by atoms with Crippen molar-refractivity contribution in [2.75, 3.05) is 11.9 Å². The van der Waals surface area contributed by atoms with Crippen LogP contribution in [0.25, 0.3) is 0 Å². The van der Waals surface area contributed by atoms with Gasteiger partial charge in [0.1, 0.15) is 11.9 Å². The highest BCUT2D eigenvalue weighted by Gasteiger charge is 2.50. The van der Waals surface area contributed by atoms with Gasteiger partial charge in [0.25, 0.3) is 5.92 Å². The molecule has 1 aromatic rings. The van der Waals surface area contributed by atoms with Crippen LogP contribution in [0.2, 0.25) is 0 Å². The number of hydrogen-bond acceptors (Lipinski definition) is 4. The zero-order valence-corrected chi connectivity index (χ0v) is 12.4. The molecule has 1 aliphatic carbocycles. The highest BCUT2D eigenvalue weighted by Crippen LogP contribution is 2.46. The molecule has 1 saturated carbocycles. The maximum atomic E-state index is 14.0. The molecule has 2 unspecified atom stereocenters. The first kappa shape index (κ1) is 15.9. The van der Waals surface area contributed by atoms with Gasteiger partial charge < -0.3 is 10.4 Å². The Morgan fingerprint density at radius 2 is 2.19 bits per heavy atom. The summed E-state index contributed by atoms with van der Waals surface area (Å²) in [6.07, 6.45) is 1.03. The number of aliphatic hydroxyl groups excluding tert-OH is 1. The molecule has 0 bridgehead atoms. The van der Waals surface area contributed by atoms with E-state index in [-0.39, 0.29) is 18.6 Å². The number of alkyl halides is 2. The van der Waals surface area contributed by atoms with Gasteiger partial charge in [-0.05, 0) is 39.2 Å². The molecule has 2 N–H and O–H groups in total. The summed E-state index contributed by atoms with van der Waals surface area (Å²) in [5.74, 6) is -3.12. The van der Waals surface area contributed by atoms with Crippen LogP contribution in [0, 0.1) is 5.92 Å². The summed E-state index contributed by atoms with van der Waals surface area (Å²) < 4.78 is 28.9. The molecule has 2 atom stereocenters. The van der Waals surface area contributed by atoms with Crippen LogP contribution in [0.4, 0.5) is 14.6 Å². The lowest BCUT2D eigenvalue weighted by atomic mass is 10.1. The topological polar surface area (TPSA) is 67.2 Å². The second-order valence-corrected chi connectivity index (χ2v) is 6.64. The predicted octanol–water partition coefficient (Wildman–Crippen LogP) is 2.03. The molecule has 21 heavy (non-hydrogen) atoms. The third-order valence-corrected chi connectivity index (χ3v) is 3.53. The third-order valence-electron chi connectivity index (χ3n) is 3.53. The average molecular weight is 301 g/mol. The van der Waals surface area contributed by atoms with Crippen molar-refractivity contribution < 1.29 is 13.9 Å². The number of anilines is 1. The molecule has 0 amide bonds. The van der Waals surface area contributed by atoms with Gasteiger partial charge in [0.15, 0.2) is 0 Å². The molecular weight excluding hydrogens is 280 g/mol. The first-order chi connectivity index (χ1) is 9.62. The first-order valence-corrected chi connectivity index (χ1v) is 6.98. The number of hydrogen-bond donors (Lipinski definition) is 2. The van der Waals surface area contributed by atoms with Crippen LogP contribution < -0.4 is 11.0 Å². The van der Waals surface area contributed by atoms with E-state index in [4.69, 9.17) is 5.11 Å². The minimum Gasteiger partial charge on any atom is -0.396 e. The molecule has 1 aliphatic rings. The summed E-state index contributed by atoms with van der Waals surface area (Å²) in [6.45, 7) is 5.45. The number of aromatic nitrogens is 2. The molecule has 1 heterocycles. The van der Waals surface area contributed by atoms with Crippen LogP contribution in [-0.4, -0.2) is 32.7 Å². The van der Waals surface area contributed by atoms with Crippen LogP contribution in [0.15, 0.2) is 17.1 Å². The summed E-state index contributed by atoms with van der Waals surface area (Å²) in [6, 6.07) is 0.285. The molecule has 1 fully saturated rings. The third kappa shape index (κ3) is 3.58. The van der Waals surface area contributed by atoms with Gasteiger partial charge in [0.05, 0.1) is 0 Å². The second kappa shape index (κ2) is 5.36. The van der Waals surface area contributed by atoms with Crippen molar-refractivity contribution in [2.45, 2.75) is 51.1 Å². The van der Waals surface area contributed by atoms with E-state index in [1.54, 1.807) is 0 Å². The van der Waals surface area contributed by atoms with E-state index in [9.17, 15) is 13.6 Å². The summed E-state index contributed by atoms with van der Waals surface area (Å²) in [7, 11) is 0. The van der Waals surface area contributed by atoms with Crippen LogP contribution in [0.1, 0.15) is 39.7 Å². The number of nitrogens with one attached hydrogen (secondary N) is 1. The zero-order valence-electron chi connectivity index (χ0n) is 12.4. The lowest BCUT2D eigenvalue weighted by Crippen LogP contribution is -2.35. The van der Waals surface area contributed by atoms with Gasteiger partial charge in [0.2, 0.25) is 0 Å². The fourth-order valence-electron chi connectivity index (χ4n) is 2.65.